The minimum absolute atomic E-state index is 0.0195. The highest BCUT2D eigenvalue weighted by Gasteiger charge is 2.27. The SMILES string of the molecule is O=S(=O)(Nc1ccccc1F)C1CCNCC1. The van der Waals surface area contributed by atoms with E-state index in [4.69, 9.17) is 0 Å². The number of nitrogens with one attached hydrogen (secondary N) is 2. The zero-order valence-corrected chi connectivity index (χ0v) is 10.1. The lowest BCUT2D eigenvalue weighted by Gasteiger charge is -2.23. The summed E-state index contributed by atoms with van der Waals surface area (Å²) < 4.78 is 39.7. The zero-order chi connectivity index (χ0) is 12.3. The first-order valence-corrected chi connectivity index (χ1v) is 7.11. The van der Waals surface area contributed by atoms with E-state index in [2.05, 4.69) is 10.0 Å². The van der Waals surface area contributed by atoms with Crippen LogP contribution in [0.2, 0.25) is 0 Å². The number of sulfonamides is 1. The lowest BCUT2D eigenvalue weighted by molar-refractivity contribution is 0.498. The predicted octanol–water partition coefficient (Wildman–Crippen LogP) is 1.32. The Morgan fingerprint density at radius 2 is 1.88 bits per heavy atom. The Kier molecular flexibility index (Phi) is 3.63. The summed E-state index contributed by atoms with van der Waals surface area (Å²) in [5.41, 5.74) is 0.0195. The Morgan fingerprint density at radius 1 is 1.24 bits per heavy atom. The molecule has 0 amide bonds. The third-order valence-corrected chi connectivity index (χ3v) is 4.70. The van der Waals surface area contributed by atoms with Crippen LogP contribution in [0.4, 0.5) is 10.1 Å². The molecule has 2 N–H and O–H groups in total. The zero-order valence-electron chi connectivity index (χ0n) is 9.32. The molecule has 2 rings (SSSR count). The second-order valence-corrected chi connectivity index (χ2v) is 6.04. The van der Waals surface area contributed by atoms with Crippen molar-refractivity contribution < 1.29 is 12.8 Å². The van der Waals surface area contributed by atoms with Crippen LogP contribution in [0.1, 0.15) is 12.8 Å². The maximum Gasteiger partial charge on any atom is 0.235 e. The van der Waals surface area contributed by atoms with Gasteiger partial charge in [-0.15, -0.1) is 0 Å². The molecule has 1 aromatic carbocycles. The lowest BCUT2D eigenvalue weighted by Crippen LogP contribution is -2.38. The van der Waals surface area contributed by atoms with Gasteiger partial charge in [-0.2, -0.15) is 0 Å². The summed E-state index contributed by atoms with van der Waals surface area (Å²) in [7, 11) is -3.49. The van der Waals surface area contributed by atoms with Gasteiger partial charge in [0.05, 0.1) is 10.9 Å². The van der Waals surface area contributed by atoms with Crippen LogP contribution in [0, 0.1) is 5.82 Å². The van der Waals surface area contributed by atoms with Gasteiger partial charge < -0.3 is 5.32 Å². The van der Waals surface area contributed by atoms with Crippen LogP contribution in [0.25, 0.3) is 0 Å². The van der Waals surface area contributed by atoms with E-state index in [-0.39, 0.29) is 5.69 Å². The molecule has 1 saturated heterocycles. The third-order valence-electron chi connectivity index (χ3n) is 2.85. The largest absolute Gasteiger partial charge is 0.317 e. The second kappa shape index (κ2) is 5.01. The van der Waals surface area contributed by atoms with Crippen molar-refractivity contribution in [2.75, 3.05) is 17.8 Å². The first kappa shape index (κ1) is 12.3. The molecule has 17 heavy (non-hydrogen) atoms. The molecule has 1 fully saturated rings. The van der Waals surface area contributed by atoms with Crippen LogP contribution in [0.5, 0.6) is 0 Å². The average Bonchev–Trinajstić information content (AvgIpc) is 2.33. The van der Waals surface area contributed by atoms with Crippen molar-refractivity contribution in [2.24, 2.45) is 0 Å². The summed E-state index contributed by atoms with van der Waals surface area (Å²) in [6.45, 7) is 1.37. The number of hydrogen-bond acceptors (Lipinski definition) is 3. The molecule has 0 bridgehead atoms. The molecule has 0 unspecified atom stereocenters. The predicted molar refractivity (Wildman–Crippen MR) is 64.8 cm³/mol. The quantitative estimate of drug-likeness (QED) is 0.859. The van der Waals surface area contributed by atoms with Gasteiger partial charge in [0.2, 0.25) is 10.0 Å². The van der Waals surface area contributed by atoms with Gasteiger partial charge in [-0.3, -0.25) is 4.72 Å². The van der Waals surface area contributed by atoms with Crippen molar-refractivity contribution in [1.82, 2.24) is 5.32 Å². The normalized spacial score (nSPS) is 17.9. The number of hydrogen-bond donors (Lipinski definition) is 2. The number of benzene rings is 1. The molecule has 94 valence electrons. The van der Waals surface area contributed by atoms with Gasteiger partial charge in [0.1, 0.15) is 5.82 Å². The van der Waals surface area contributed by atoms with Crippen molar-refractivity contribution >= 4 is 15.7 Å². The Balaban J connectivity index is 2.14. The van der Waals surface area contributed by atoms with E-state index >= 15 is 0 Å². The van der Waals surface area contributed by atoms with E-state index in [0.717, 1.165) is 0 Å². The van der Waals surface area contributed by atoms with Crippen molar-refractivity contribution in [2.45, 2.75) is 18.1 Å². The van der Waals surface area contributed by atoms with E-state index in [0.29, 0.717) is 25.9 Å². The topological polar surface area (TPSA) is 58.2 Å². The summed E-state index contributed by atoms with van der Waals surface area (Å²) in [5.74, 6) is -0.551. The van der Waals surface area contributed by atoms with E-state index in [1.165, 1.54) is 18.2 Å². The van der Waals surface area contributed by atoms with Gasteiger partial charge in [-0.1, -0.05) is 12.1 Å². The first-order chi connectivity index (χ1) is 8.09. The highest BCUT2D eigenvalue weighted by Crippen LogP contribution is 2.19. The highest BCUT2D eigenvalue weighted by atomic mass is 32.2. The summed E-state index contributed by atoms with van der Waals surface area (Å²) in [4.78, 5) is 0. The van der Waals surface area contributed by atoms with E-state index in [9.17, 15) is 12.8 Å². The van der Waals surface area contributed by atoms with Crippen LogP contribution in [0.3, 0.4) is 0 Å². The van der Waals surface area contributed by atoms with Crippen LogP contribution >= 0.6 is 0 Å². The standard InChI is InChI=1S/C11H15FN2O2S/c12-10-3-1-2-4-11(10)14-17(15,16)9-5-7-13-8-6-9/h1-4,9,13-14H,5-8H2. The monoisotopic (exact) mass is 258 g/mol. The Bertz CT molecular complexity index is 484. The first-order valence-electron chi connectivity index (χ1n) is 5.56. The van der Waals surface area contributed by atoms with Gasteiger partial charge in [-0.05, 0) is 38.1 Å². The molecular formula is C11H15FN2O2S. The minimum atomic E-state index is -3.49. The minimum Gasteiger partial charge on any atom is -0.317 e. The fourth-order valence-electron chi connectivity index (χ4n) is 1.89. The molecule has 1 aromatic rings. The molecule has 0 saturated carbocycles. The van der Waals surface area contributed by atoms with Gasteiger partial charge in [0, 0.05) is 0 Å². The fraction of sp³-hybridized carbons (Fsp3) is 0.455. The summed E-state index contributed by atoms with van der Waals surface area (Å²) in [6, 6.07) is 5.79. The molecule has 0 aliphatic carbocycles. The number of anilines is 1. The molecular weight excluding hydrogens is 243 g/mol. The highest BCUT2D eigenvalue weighted by molar-refractivity contribution is 7.93. The Hall–Kier alpha value is -1.14. The Morgan fingerprint density at radius 3 is 2.53 bits per heavy atom. The van der Waals surface area contributed by atoms with Gasteiger partial charge in [0.25, 0.3) is 0 Å². The van der Waals surface area contributed by atoms with Crippen LogP contribution < -0.4 is 10.0 Å². The van der Waals surface area contributed by atoms with Crippen molar-refractivity contribution in [3.05, 3.63) is 30.1 Å². The molecule has 1 aliphatic rings. The van der Waals surface area contributed by atoms with E-state index in [1.54, 1.807) is 6.07 Å². The molecule has 4 nitrogen and oxygen atoms in total. The van der Waals surface area contributed by atoms with E-state index in [1.807, 2.05) is 0 Å². The Labute approximate surface area is 100 Å². The maximum atomic E-state index is 13.3. The molecule has 0 aromatic heterocycles. The third kappa shape index (κ3) is 2.95. The van der Waals surface area contributed by atoms with Crippen LogP contribution in [-0.2, 0) is 10.0 Å². The fourth-order valence-corrected chi connectivity index (χ4v) is 3.38. The van der Waals surface area contributed by atoms with E-state index < -0.39 is 21.1 Å². The van der Waals surface area contributed by atoms with Crippen molar-refractivity contribution in [3.8, 4) is 0 Å². The number of halogens is 1. The van der Waals surface area contributed by atoms with Crippen molar-refractivity contribution in [3.63, 3.8) is 0 Å². The van der Waals surface area contributed by atoms with Gasteiger partial charge >= 0.3 is 0 Å². The molecule has 0 atom stereocenters. The number of para-hydroxylation sites is 1. The number of piperidine rings is 1. The molecule has 1 aliphatic heterocycles. The molecule has 0 radical (unpaired) electrons. The molecule has 6 heteroatoms. The smallest absolute Gasteiger partial charge is 0.235 e. The summed E-state index contributed by atoms with van der Waals surface area (Å²) >= 11 is 0. The van der Waals surface area contributed by atoms with Gasteiger partial charge in [-0.25, -0.2) is 12.8 Å². The van der Waals surface area contributed by atoms with Crippen molar-refractivity contribution in [1.29, 1.82) is 0 Å². The second-order valence-electron chi connectivity index (χ2n) is 4.08. The number of rotatable bonds is 3. The van der Waals surface area contributed by atoms with Gasteiger partial charge in [0.15, 0.2) is 0 Å². The summed E-state index contributed by atoms with van der Waals surface area (Å²) in [6.07, 6.45) is 1.12. The molecule has 0 spiro atoms. The molecule has 1 heterocycles. The lowest BCUT2D eigenvalue weighted by atomic mass is 10.2. The van der Waals surface area contributed by atoms with Crippen LogP contribution in [0.15, 0.2) is 24.3 Å². The summed E-state index contributed by atoms with van der Waals surface area (Å²) in [5, 5.41) is 2.65. The maximum absolute atomic E-state index is 13.3. The van der Waals surface area contributed by atoms with Crippen LogP contribution in [-0.4, -0.2) is 26.8 Å². The average molecular weight is 258 g/mol.